The molecule has 6 heteroatoms. The molecule has 0 spiro atoms. The minimum absolute atomic E-state index is 0.0707. The van der Waals surface area contributed by atoms with E-state index in [9.17, 15) is 4.79 Å². The van der Waals surface area contributed by atoms with Crippen LogP contribution in [0.25, 0.3) is 0 Å². The Morgan fingerprint density at radius 3 is 2.75 bits per heavy atom. The standard InChI is InChI=1S/C18H25N5O/c1-14-10-20-22(12-14)13-16-6-4-5-9-23(16)18(24)15-7-8-17(19-11-15)21(2)3/h7-8,10-12,16H,4-6,9,13H2,1-3H3/t16-/m0/s1. The molecule has 0 unspecified atom stereocenters. The third kappa shape index (κ3) is 3.58. The highest BCUT2D eigenvalue weighted by Crippen LogP contribution is 2.21. The molecule has 1 amide bonds. The normalized spacial score (nSPS) is 17.8. The number of hydrogen-bond donors (Lipinski definition) is 0. The fourth-order valence-electron chi connectivity index (χ4n) is 3.18. The number of hydrogen-bond acceptors (Lipinski definition) is 4. The van der Waals surface area contributed by atoms with E-state index in [1.807, 2.05) is 60.0 Å². The molecule has 0 N–H and O–H groups in total. The second kappa shape index (κ2) is 7.03. The van der Waals surface area contributed by atoms with Gasteiger partial charge in [0.1, 0.15) is 5.82 Å². The third-order valence-electron chi connectivity index (χ3n) is 4.50. The number of pyridine rings is 1. The minimum atomic E-state index is 0.0707. The number of carbonyl (C=O) groups is 1. The lowest BCUT2D eigenvalue weighted by Crippen LogP contribution is -2.46. The smallest absolute Gasteiger partial charge is 0.255 e. The van der Waals surface area contributed by atoms with E-state index in [2.05, 4.69) is 10.1 Å². The van der Waals surface area contributed by atoms with Gasteiger partial charge < -0.3 is 9.80 Å². The first-order chi connectivity index (χ1) is 11.5. The zero-order valence-corrected chi connectivity index (χ0v) is 14.6. The van der Waals surface area contributed by atoms with Crippen LogP contribution in [0.15, 0.2) is 30.7 Å². The Labute approximate surface area is 143 Å². The van der Waals surface area contributed by atoms with Gasteiger partial charge in [-0.2, -0.15) is 5.10 Å². The van der Waals surface area contributed by atoms with Gasteiger partial charge in [-0.3, -0.25) is 9.48 Å². The molecule has 0 bridgehead atoms. The van der Waals surface area contributed by atoms with E-state index in [1.54, 1.807) is 6.20 Å². The van der Waals surface area contributed by atoms with Gasteiger partial charge in [-0.1, -0.05) is 0 Å². The van der Waals surface area contributed by atoms with Gasteiger partial charge in [-0.05, 0) is 43.9 Å². The second-order valence-electron chi connectivity index (χ2n) is 6.69. The van der Waals surface area contributed by atoms with Crippen LogP contribution in [0, 0.1) is 6.92 Å². The molecular weight excluding hydrogens is 302 g/mol. The summed E-state index contributed by atoms with van der Waals surface area (Å²) >= 11 is 0. The number of carbonyl (C=O) groups excluding carboxylic acids is 1. The quantitative estimate of drug-likeness (QED) is 0.865. The molecule has 6 nitrogen and oxygen atoms in total. The number of likely N-dealkylation sites (tertiary alicyclic amines) is 1. The Bertz CT molecular complexity index is 692. The Morgan fingerprint density at radius 1 is 1.29 bits per heavy atom. The molecular formula is C18H25N5O. The lowest BCUT2D eigenvalue weighted by atomic mass is 10.0. The molecule has 2 aromatic rings. The van der Waals surface area contributed by atoms with Gasteiger partial charge in [-0.25, -0.2) is 4.98 Å². The Kier molecular flexibility index (Phi) is 4.83. The van der Waals surface area contributed by atoms with E-state index < -0.39 is 0 Å². The van der Waals surface area contributed by atoms with Crippen LogP contribution in [0.5, 0.6) is 0 Å². The largest absolute Gasteiger partial charge is 0.363 e. The highest BCUT2D eigenvalue weighted by molar-refractivity contribution is 5.94. The zero-order chi connectivity index (χ0) is 17.1. The highest BCUT2D eigenvalue weighted by Gasteiger charge is 2.28. The van der Waals surface area contributed by atoms with Crippen molar-refractivity contribution in [3.8, 4) is 0 Å². The van der Waals surface area contributed by atoms with E-state index in [1.165, 1.54) is 0 Å². The molecule has 24 heavy (non-hydrogen) atoms. The van der Waals surface area contributed by atoms with E-state index in [-0.39, 0.29) is 11.9 Å². The predicted octanol–water partition coefficient (Wildman–Crippen LogP) is 2.35. The van der Waals surface area contributed by atoms with Crippen LogP contribution in [-0.2, 0) is 6.54 Å². The second-order valence-corrected chi connectivity index (χ2v) is 6.69. The summed E-state index contributed by atoms with van der Waals surface area (Å²) in [5.74, 6) is 0.926. The van der Waals surface area contributed by atoms with Crippen molar-refractivity contribution in [2.45, 2.75) is 38.8 Å². The minimum Gasteiger partial charge on any atom is -0.363 e. The van der Waals surface area contributed by atoms with Gasteiger partial charge in [0.2, 0.25) is 0 Å². The van der Waals surface area contributed by atoms with Crippen molar-refractivity contribution in [3.05, 3.63) is 41.9 Å². The van der Waals surface area contributed by atoms with Crippen molar-refractivity contribution < 1.29 is 4.79 Å². The highest BCUT2D eigenvalue weighted by atomic mass is 16.2. The van der Waals surface area contributed by atoms with E-state index in [0.717, 1.165) is 43.7 Å². The molecule has 1 atom stereocenters. The SMILES string of the molecule is Cc1cnn(C[C@@H]2CCCCN2C(=O)c2ccc(N(C)C)nc2)c1. The van der Waals surface area contributed by atoms with Crippen molar-refractivity contribution in [1.29, 1.82) is 0 Å². The van der Waals surface area contributed by atoms with Crippen LogP contribution < -0.4 is 4.90 Å². The Balaban J connectivity index is 1.75. The summed E-state index contributed by atoms with van der Waals surface area (Å²) in [6, 6.07) is 3.95. The lowest BCUT2D eigenvalue weighted by molar-refractivity contribution is 0.0583. The fourth-order valence-corrected chi connectivity index (χ4v) is 3.18. The van der Waals surface area contributed by atoms with Crippen LogP contribution in [0.4, 0.5) is 5.82 Å². The number of piperidine rings is 1. The summed E-state index contributed by atoms with van der Waals surface area (Å²) in [5, 5.41) is 4.37. The molecule has 0 aliphatic carbocycles. The summed E-state index contributed by atoms with van der Waals surface area (Å²) in [6.07, 6.45) is 8.81. The summed E-state index contributed by atoms with van der Waals surface area (Å²) in [5.41, 5.74) is 1.80. The van der Waals surface area contributed by atoms with Crippen LogP contribution in [0.3, 0.4) is 0 Å². The molecule has 0 radical (unpaired) electrons. The topological polar surface area (TPSA) is 54.3 Å². The predicted molar refractivity (Wildman–Crippen MR) is 94.2 cm³/mol. The fraction of sp³-hybridized carbons (Fsp3) is 0.500. The summed E-state index contributed by atoms with van der Waals surface area (Å²) in [7, 11) is 3.88. The summed E-state index contributed by atoms with van der Waals surface area (Å²) in [4.78, 5) is 21.2. The van der Waals surface area contributed by atoms with Crippen LogP contribution in [0.2, 0.25) is 0 Å². The molecule has 1 fully saturated rings. The van der Waals surface area contributed by atoms with Gasteiger partial charge in [-0.15, -0.1) is 0 Å². The zero-order valence-electron chi connectivity index (χ0n) is 14.6. The Hall–Kier alpha value is -2.37. The van der Waals surface area contributed by atoms with Crippen LogP contribution >= 0.6 is 0 Å². The molecule has 3 rings (SSSR count). The average Bonchev–Trinajstić information content (AvgIpc) is 3.00. The molecule has 0 saturated carbocycles. The van der Waals surface area contributed by atoms with Crippen molar-refractivity contribution in [2.24, 2.45) is 0 Å². The number of rotatable bonds is 4. The molecule has 2 aromatic heterocycles. The molecule has 0 aromatic carbocycles. The maximum absolute atomic E-state index is 12.9. The molecule has 128 valence electrons. The first kappa shape index (κ1) is 16.5. The average molecular weight is 327 g/mol. The number of anilines is 1. The first-order valence-electron chi connectivity index (χ1n) is 8.48. The van der Waals surface area contributed by atoms with Crippen molar-refractivity contribution in [1.82, 2.24) is 19.7 Å². The van der Waals surface area contributed by atoms with Crippen molar-refractivity contribution in [2.75, 3.05) is 25.5 Å². The van der Waals surface area contributed by atoms with Gasteiger partial charge in [0.25, 0.3) is 5.91 Å². The third-order valence-corrected chi connectivity index (χ3v) is 4.50. The van der Waals surface area contributed by atoms with Crippen LogP contribution in [-0.4, -0.2) is 52.3 Å². The number of amides is 1. The molecule has 3 heterocycles. The van der Waals surface area contributed by atoms with Gasteiger partial charge in [0.15, 0.2) is 0 Å². The number of aryl methyl sites for hydroxylation is 1. The van der Waals surface area contributed by atoms with Crippen molar-refractivity contribution in [3.63, 3.8) is 0 Å². The van der Waals surface area contributed by atoms with Gasteiger partial charge in [0, 0.05) is 33.0 Å². The molecule has 1 aliphatic rings. The monoisotopic (exact) mass is 327 g/mol. The van der Waals surface area contributed by atoms with Gasteiger partial charge in [0.05, 0.1) is 24.3 Å². The molecule has 1 saturated heterocycles. The summed E-state index contributed by atoms with van der Waals surface area (Å²) in [6.45, 7) is 3.59. The van der Waals surface area contributed by atoms with E-state index in [4.69, 9.17) is 0 Å². The number of aromatic nitrogens is 3. The Morgan fingerprint density at radius 2 is 2.12 bits per heavy atom. The first-order valence-corrected chi connectivity index (χ1v) is 8.48. The van der Waals surface area contributed by atoms with Gasteiger partial charge >= 0.3 is 0 Å². The lowest BCUT2D eigenvalue weighted by Gasteiger charge is -2.35. The van der Waals surface area contributed by atoms with E-state index in [0.29, 0.717) is 5.56 Å². The van der Waals surface area contributed by atoms with Crippen LogP contribution in [0.1, 0.15) is 35.2 Å². The maximum atomic E-state index is 12.9. The summed E-state index contributed by atoms with van der Waals surface area (Å²) < 4.78 is 1.94. The van der Waals surface area contributed by atoms with E-state index >= 15 is 0 Å². The number of nitrogens with zero attached hydrogens (tertiary/aromatic N) is 5. The maximum Gasteiger partial charge on any atom is 0.255 e. The molecule has 1 aliphatic heterocycles. The van der Waals surface area contributed by atoms with Crippen molar-refractivity contribution >= 4 is 11.7 Å².